The van der Waals surface area contributed by atoms with Crippen LogP contribution >= 0.6 is 0 Å². The average Bonchev–Trinajstić information content (AvgIpc) is 2.35. The number of esters is 1. The molecule has 5 nitrogen and oxygen atoms in total. The van der Waals surface area contributed by atoms with E-state index in [1.54, 1.807) is 6.92 Å². The van der Waals surface area contributed by atoms with Gasteiger partial charge in [0.05, 0.1) is 12.7 Å². The van der Waals surface area contributed by atoms with E-state index in [2.05, 4.69) is 20.4 Å². The molecule has 2 N–H and O–H groups in total. The molecule has 19 heavy (non-hydrogen) atoms. The van der Waals surface area contributed by atoms with Crippen molar-refractivity contribution in [3.05, 3.63) is 17.7 Å². The molecule has 0 spiro atoms. The Labute approximate surface area is 108 Å². The maximum atomic E-state index is 12.7. The Balaban J connectivity index is 2.96. The predicted molar refractivity (Wildman–Crippen MR) is 63.9 cm³/mol. The third kappa shape index (κ3) is 4.65. The zero-order valence-corrected chi connectivity index (χ0v) is 10.5. The van der Waals surface area contributed by atoms with Crippen LogP contribution in [0, 0.1) is 0 Å². The molecule has 8 heteroatoms. The van der Waals surface area contributed by atoms with E-state index < -0.39 is 17.7 Å². The van der Waals surface area contributed by atoms with Gasteiger partial charge in [0.2, 0.25) is 0 Å². The molecule has 1 rings (SSSR count). The van der Waals surface area contributed by atoms with E-state index >= 15 is 0 Å². The van der Waals surface area contributed by atoms with Crippen molar-refractivity contribution in [3.63, 3.8) is 0 Å². The number of nitrogens with zero attached hydrogens (tertiary/aromatic N) is 1. The molecule has 0 aliphatic heterocycles. The van der Waals surface area contributed by atoms with Crippen LogP contribution in [0.25, 0.3) is 0 Å². The summed E-state index contributed by atoms with van der Waals surface area (Å²) in [7, 11) is 1.19. The molecule has 0 unspecified atom stereocenters. The zero-order chi connectivity index (χ0) is 14.5. The van der Waals surface area contributed by atoms with Gasteiger partial charge in [-0.15, -0.1) is 0 Å². The number of pyridine rings is 1. The van der Waals surface area contributed by atoms with Crippen LogP contribution in [-0.2, 0) is 15.7 Å². The summed E-state index contributed by atoms with van der Waals surface area (Å²) < 4.78 is 42.4. The zero-order valence-electron chi connectivity index (χ0n) is 10.5. The van der Waals surface area contributed by atoms with Gasteiger partial charge >= 0.3 is 12.1 Å². The number of carbonyl (C=O) groups is 1. The number of halogens is 3. The summed E-state index contributed by atoms with van der Waals surface area (Å²) in [5.74, 6) is -0.551. The van der Waals surface area contributed by atoms with Crippen LogP contribution in [-0.4, -0.2) is 31.2 Å². The molecule has 0 amide bonds. The Morgan fingerprint density at radius 2 is 1.89 bits per heavy atom. The summed E-state index contributed by atoms with van der Waals surface area (Å²) >= 11 is 0. The summed E-state index contributed by atoms with van der Waals surface area (Å²) in [5, 5.41) is 5.18. The molecule has 0 aliphatic rings. The Kier molecular flexibility index (Phi) is 4.96. The first-order valence-electron chi connectivity index (χ1n) is 5.50. The quantitative estimate of drug-likeness (QED) is 0.807. The van der Waals surface area contributed by atoms with Crippen LogP contribution in [0.15, 0.2) is 12.1 Å². The number of methoxy groups -OCH3 is 1. The van der Waals surface area contributed by atoms with Crippen LogP contribution in [0.1, 0.15) is 12.5 Å². The smallest absolute Gasteiger partial charge is 0.416 e. The second-order valence-electron chi connectivity index (χ2n) is 3.58. The Morgan fingerprint density at radius 3 is 2.37 bits per heavy atom. The van der Waals surface area contributed by atoms with Crippen molar-refractivity contribution in [2.75, 3.05) is 30.8 Å². The number of hydrogen-bond donors (Lipinski definition) is 2. The molecule has 1 aromatic heterocycles. The Morgan fingerprint density at radius 1 is 1.32 bits per heavy atom. The standard InChI is InChI=1S/C11H14F3N3O2/c1-3-15-8-4-7(11(12,13)14)5-9(17-8)16-6-10(18)19-2/h4-5H,3,6H2,1-2H3,(H2,15,16,17). The summed E-state index contributed by atoms with van der Waals surface area (Å²) in [6.07, 6.45) is -4.48. The second-order valence-corrected chi connectivity index (χ2v) is 3.58. The Bertz CT molecular complexity index is 449. The highest BCUT2D eigenvalue weighted by molar-refractivity contribution is 5.74. The largest absolute Gasteiger partial charge is 0.468 e. The molecule has 0 aliphatic carbocycles. The van der Waals surface area contributed by atoms with Crippen molar-refractivity contribution < 1.29 is 22.7 Å². The van der Waals surface area contributed by atoms with E-state index in [1.807, 2.05) is 0 Å². The average molecular weight is 277 g/mol. The van der Waals surface area contributed by atoms with Crippen LogP contribution < -0.4 is 10.6 Å². The monoisotopic (exact) mass is 277 g/mol. The van der Waals surface area contributed by atoms with E-state index in [0.29, 0.717) is 6.54 Å². The lowest BCUT2D eigenvalue weighted by Crippen LogP contribution is -2.17. The molecule has 0 atom stereocenters. The highest BCUT2D eigenvalue weighted by Gasteiger charge is 2.31. The summed E-state index contributed by atoms with van der Waals surface area (Å²) in [6.45, 7) is 1.92. The number of alkyl halides is 3. The molecule has 0 bridgehead atoms. The second kappa shape index (κ2) is 6.26. The van der Waals surface area contributed by atoms with Crippen LogP contribution in [0.5, 0.6) is 0 Å². The molecule has 0 radical (unpaired) electrons. The molecule has 0 saturated heterocycles. The summed E-state index contributed by atoms with van der Waals surface area (Å²) in [6, 6.07) is 1.75. The van der Waals surface area contributed by atoms with E-state index in [9.17, 15) is 18.0 Å². The molecule has 0 aromatic carbocycles. The number of hydrogen-bond acceptors (Lipinski definition) is 5. The molecule has 1 aromatic rings. The normalized spacial score (nSPS) is 11.0. The molecule has 0 fully saturated rings. The molecular weight excluding hydrogens is 263 g/mol. The highest BCUT2D eigenvalue weighted by atomic mass is 19.4. The minimum absolute atomic E-state index is 0.0452. The van der Waals surface area contributed by atoms with Crippen molar-refractivity contribution in [1.29, 1.82) is 0 Å². The SMILES string of the molecule is CCNc1cc(C(F)(F)F)cc(NCC(=O)OC)n1. The van der Waals surface area contributed by atoms with Gasteiger partial charge in [-0.25, -0.2) is 4.98 Å². The predicted octanol–water partition coefficient (Wildman–Crippen LogP) is 2.12. The maximum Gasteiger partial charge on any atom is 0.416 e. The first-order valence-corrected chi connectivity index (χ1v) is 5.50. The minimum atomic E-state index is -4.48. The van der Waals surface area contributed by atoms with Gasteiger partial charge < -0.3 is 15.4 Å². The van der Waals surface area contributed by atoms with Crippen molar-refractivity contribution in [2.24, 2.45) is 0 Å². The summed E-state index contributed by atoms with van der Waals surface area (Å²) in [5.41, 5.74) is -0.842. The highest BCUT2D eigenvalue weighted by Crippen LogP contribution is 2.31. The number of aromatic nitrogens is 1. The van der Waals surface area contributed by atoms with Crippen LogP contribution in [0.3, 0.4) is 0 Å². The van der Waals surface area contributed by atoms with Crippen molar-refractivity contribution in [1.82, 2.24) is 4.98 Å². The topological polar surface area (TPSA) is 63.2 Å². The van der Waals surface area contributed by atoms with Gasteiger partial charge in [0.25, 0.3) is 0 Å². The van der Waals surface area contributed by atoms with E-state index in [4.69, 9.17) is 0 Å². The lowest BCUT2D eigenvalue weighted by atomic mass is 10.2. The number of carbonyl (C=O) groups excluding carboxylic acids is 1. The van der Waals surface area contributed by atoms with E-state index in [1.165, 1.54) is 7.11 Å². The van der Waals surface area contributed by atoms with Gasteiger partial charge in [0.15, 0.2) is 0 Å². The van der Waals surface area contributed by atoms with Crippen LogP contribution in [0.2, 0.25) is 0 Å². The number of ether oxygens (including phenoxy) is 1. The van der Waals surface area contributed by atoms with Gasteiger partial charge in [0, 0.05) is 6.54 Å². The molecule has 1 heterocycles. The van der Waals surface area contributed by atoms with Crippen molar-refractivity contribution >= 4 is 17.6 Å². The third-order valence-electron chi connectivity index (χ3n) is 2.15. The Hall–Kier alpha value is -1.99. The first-order chi connectivity index (χ1) is 8.86. The van der Waals surface area contributed by atoms with Gasteiger partial charge in [-0.1, -0.05) is 0 Å². The third-order valence-corrected chi connectivity index (χ3v) is 2.15. The van der Waals surface area contributed by atoms with Gasteiger partial charge in [-0.05, 0) is 19.1 Å². The summed E-state index contributed by atoms with van der Waals surface area (Å²) in [4.78, 5) is 14.8. The lowest BCUT2D eigenvalue weighted by Gasteiger charge is -2.12. The number of anilines is 2. The fourth-order valence-corrected chi connectivity index (χ4v) is 1.29. The van der Waals surface area contributed by atoms with Gasteiger partial charge in [-0.2, -0.15) is 13.2 Å². The fraction of sp³-hybridized carbons (Fsp3) is 0.455. The van der Waals surface area contributed by atoms with E-state index in [0.717, 1.165) is 12.1 Å². The van der Waals surface area contributed by atoms with Gasteiger partial charge in [-0.3, -0.25) is 4.79 Å². The van der Waals surface area contributed by atoms with E-state index in [-0.39, 0.29) is 18.2 Å². The van der Waals surface area contributed by atoms with Crippen molar-refractivity contribution in [2.45, 2.75) is 13.1 Å². The minimum Gasteiger partial charge on any atom is -0.468 e. The molecular formula is C11H14F3N3O2. The molecule has 0 saturated carbocycles. The van der Waals surface area contributed by atoms with Crippen molar-refractivity contribution in [3.8, 4) is 0 Å². The number of nitrogens with one attached hydrogen (secondary N) is 2. The van der Waals surface area contributed by atoms with Gasteiger partial charge in [0.1, 0.15) is 18.2 Å². The first kappa shape index (κ1) is 15.1. The fourth-order valence-electron chi connectivity index (χ4n) is 1.29. The molecule has 106 valence electrons. The lowest BCUT2D eigenvalue weighted by molar-refractivity contribution is -0.138. The van der Waals surface area contributed by atoms with Crippen LogP contribution in [0.4, 0.5) is 24.8 Å². The maximum absolute atomic E-state index is 12.7. The number of rotatable bonds is 5.